The lowest BCUT2D eigenvalue weighted by Crippen LogP contribution is -2.39. The van der Waals surface area contributed by atoms with Gasteiger partial charge in [0.2, 0.25) is 0 Å². The molecule has 0 aliphatic carbocycles. The molecule has 0 saturated carbocycles. The molecule has 0 radical (unpaired) electrons. The van der Waals surface area contributed by atoms with Crippen molar-refractivity contribution in [3.63, 3.8) is 0 Å². The van der Waals surface area contributed by atoms with Gasteiger partial charge in [0.1, 0.15) is 11.5 Å². The molecule has 0 bridgehead atoms. The second kappa shape index (κ2) is 9.33. The maximum atomic E-state index is 12.5. The zero-order chi connectivity index (χ0) is 18.2. The molecular weight excluding hydrogens is 338 g/mol. The highest BCUT2D eigenvalue weighted by molar-refractivity contribution is 6.30. The Labute approximate surface area is 154 Å². The van der Waals surface area contributed by atoms with Gasteiger partial charge in [0.25, 0.3) is 5.91 Å². The maximum Gasteiger partial charge on any atom is 0.261 e. The van der Waals surface area contributed by atoms with Crippen LogP contribution >= 0.6 is 11.6 Å². The predicted molar refractivity (Wildman–Crippen MR) is 100 cm³/mol. The largest absolute Gasteiger partial charge is 0.494 e. The first-order chi connectivity index (χ1) is 12.0. The van der Waals surface area contributed by atoms with Gasteiger partial charge in [-0.2, -0.15) is 0 Å². The topological polar surface area (TPSA) is 47.6 Å². The lowest BCUT2D eigenvalue weighted by Gasteiger charge is -2.21. The Morgan fingerprint density at radius 1 is 1.12 bits per heavy atom. The van der Waals surface area contributed by atoms with Crippen molar-refractivity contribution in [3.05, 3.63) is 59.1 Å². The van der Waals surface area contributed by atoms with E-state index in [1.54, 1.807) is 24.3 Å². The number of halogens is 1. The minimum absolute atomic E-state index is 0.125. The molecule has 0 fully saturated rings. The predicted octanol–water partition coefficient (Wildman–Crippen LogP) is 4.77. The molecule has 2 atom stereocenters. The zero-order valence-electron chi connectivity index (χ0n) is 14.8. The van der Waals surface area contributed by atoms with E-state index in [-0.39, 0.29) is 11.9 Å². The van der Waals surface area contributed by atoms with Crippen LogP contribution in [-0.4, -0.2) is 18.6 Å². The number of carbonyl (C=O) groups is 1. The number of benzene rings is 2. The molecule has 1 N–H and O–H groups in total. The summed E-state index contributed by atoms with van der Waals surface area (Å²) in [6, 6.07) is 14.6. The van der Waals surface area contributed by atoms with E-state index < -0.39 is 6.10 Å². The Bertz CT molecular complexity index is 688. The molecule has 0 aliphatic rings. The highest BCUT2D eigenvalue weighted by Crippen LogP contribution is 2.21. The van der Waals surface area contributed by atoms with Crippen LogP contribution in [0.4, 0.5) is 0 Å². The van der Waals surface area contributed by atoms with E-state index in [0.29, 0.717) is 23.8 Å². The Kier molecular flexibility index (Phi) is 7.14. The van der Waals surface area contributed by atoms with E-state index in [9.17, 15) is 4.79 Å². The number of amides is 1. The normalized spacial score (nSPS) is 13.0. The van der Waals surface area contributed by atoms with Gasteiger partial charge in [-0.3, -0.25) is 4.79 Å². The second-order valence-corrected chi connectivity index (χ2v) is 6.14. The molecule has 134 valence electrons. The Morgan fingerprint density at radius 2 is 1.84 bits per heavy atom. The van der Waals surface area contributed by atoms with Crippen molar-refractivity contribution in [1.82, 2.24) is 5.32 Å². The quantitative estimate of drug-likeness (QED) is 0.736. The van der Waals surface area contributed by atoms with Gasteiger partial charge in [-0.1, -0.05) is 36.7 Å². The fourth-order valence-electron chi connectivity index (χ4n) is 2.44. The van der Waals surface area contributed by atoms with Gasteiger partial charge in [-0.25, -0.2) is 0 Å². The molecule has 0 saturated heterocycles. The minimum Gasteiger partial charge on any atom is -0.494 e. The number of carbonyl (C=O) groups excluding carboxylic acids is 1. The number of hydrogen-bond donors (Lipinski definition) is 1. The number of nitrogens with one attached hydrogen (secondary N) is 1. The van der Waals surface area contributed by atoms with Crippen molar-refractivity contribution >= 4 is 17.5 Å². The molecule has 1 amide bonds. The molecule has 2 aromatic rings. The van der Waals surface area contributed by atoms with Gasteiger partial charge >= 0.3 is 0 Å². The van der Waals surface area contributed by atoms with Gasteiger partial charge < -0.3 is 14.8 Å². The smallest absolute Gasteiger partial charge is 0.261 e. The van der Waals surface area contributed by atoms with Crippen LogP contribution in [0.1, 0.15) is 38.8 Å². The third-order valence-corrected chi connectivity index (χ3v) is 4.02. The van der Waals surface area contributed by atoms with Crippen LogP contribution in [0.25, 0.3) is 0 Å². The molecule has 5 heteroatoms. The summed E-state index contributed by atoms with van der Waals surface area (Å²) in [7, 11) is 0. The van der Waals surface area contributed by atoms with Crippen LogP contribution < -0.4 is 14.8 Å². The molecule has 0 unspecified atom stereocenters. The van der Waals surface area contributed by atoms with Crippen molar-refractivity contribution in [3.8, 4) is 11.5 Å². The first-order valence-electron chi connectivity index (χ1n) is 8.48. The molecule has 0 aliphatic heterocycles. The van der Waals surface area contributed by atoms with Gasteiger partial charge in [-0.05, 0) is 56.2 Å². The fourth-order valence-corrected chi connectivity index (χ4v) is 2.62. The highest BCUT2D eigenvalue weighted by atomic mass is 35.5. The molecule has 2 aromatic carbocycles. The molecule has 25 heavy (non-hydrogen) atoms. The van der Waals surface area contributed by atoms with E-state index in [1.807, 2.05) is 45.0 Å². The Balaban J connectivity index is 1.98. The summed E-state index contributed by atoms with van der Waals surface area (Å²) in [5.74, 6) is 1.26. The lowest BCUT2D eigenvalue weighted by atomic mass is 10.1. The standard InChI is InChI=1S/C20H24ClNO3/c1-4-19(25-18-8-6-7-16(21)13-18)20(23)22-14(3)15-9-11-17(12-10-15)24-5-2/h6-14,19H,4-5H2,1-3H3,(H,22,23)/t14-,19-/m0/s1. The number of rotatable bonds is 8. The van der Waals surface area contributed by atoms with Crippen molar-refractivity contribution in [2.75, 3.05) is 6.61 Å². The molecule has 0 spiro atoms. The van der Waals surface area contributed by atoms with Crippen molar-refractivity contribution in [2.24, 2.45) is 0 Å². The van der Waals surface area contributed by atoms with Crippen molar-refractivity contribution in [1.29, 1.82) is 0 Å². The third kappa shape index (κ3) is 5.68. The lowest BCUT2D eigenvalue weighted by molar-refractivity contribution is -0.128. The Morgan fingerprint density at radius 3 is 2.44 bits per heavy atom. The van der Waals surface area contributed by atoms with E-state index in [0.717, 1.165) is 11.3 Å². The first-order valence-corrected chi connectivity index (χ1v) is 8.86. The number of hydrogen-bond acceptors (Lipinski definition) is 3. The average Bonchev–Trinajstić information content (AvgIpc) is 2.60. The van der Waals surface area contributed by atoms with Crippen LogP contribution in [0.5, 0.6) is 11.5 Å². The summed E-state index contributed by atoms with van der Waals surface area (Å²) in [5, 5.41) is 3.57. The van der Waals surface area contributed by atoms with E-state index in [4.69, 9.17) is 21.1 Å². The second-order valence-electron chi connectivity index (χ2n) is 5.70. The summed E-state index contributed by atoms with van der Waals surface area (Å²) in [4.78, 5) is 12.5. The average molecular weight is 362 g/mol. The summed E-state index contributed by atoms with van der Waals surface area (Å²) >= 11 is 5.96. The summed E-state index contributed by atoms with van der Waals surface area (Å²) < 4.78 is 11.2. The van der Waals surface area contributed by atoms with E-state index >= 15 is 0 Å². The summed E-state index contributed by atoms with van der Waals surface area (Å²) in [6.45, 7) is 6.43. The maximum absolute atomic E-state index is 12.5. The van der Waals surface area contributed by atoms with Crippen LogP contribution in [0, 0.1) is 0 Å². The van der Waals surface area contributed by atoms with Crippen LogP contribution in [0.2, 0.25) is 5.02 Å². The van der Waals surface area contributed by atoms with Gasteiger partial charge in [0.15, 0.2) is 6.10 Å². The fraction of sp³-hybridized carbons (Fsp3) is 0.350. The first kappa shape index (κ1) is 19.1. The van der Waals surface area contributed by atoms with Gasteiger partial charge in [0, 0.05) is 5.02 Å². The molecular formula is C20H24ClNO3. The monoisotopic (exact) mass is 361 g/mol. The highest BCUT2D eigenvalue weighted by Gasteiger charge is 2.20. The van der Waals surface area contributed by atoms with E-state index in [2.05, 4.69) is 5.32 Å². The summed E-state index contributed by atoms with van der Waals surface area (Å²) in [5.41, 5.74) is 1.01. The van der Waals surface area contributed by atoms with Gasteiger partial charge in [-0.15, -0.1) is 0 Å². The van der Waals surface area contributed by atoms with Crippen LogP contribution in [-0.2, 0) is 4.79 Å². The van der Waals surface area contributed by atoms with Crippen LogP contribution in [0.3, 0.4) is 0 Å². The van der Waals surface area contributed by atoms with Crippen molar-refractivity contribution in [2.45, 2.75) is 39.3 Å². The minimum atomic E-state index is -0.566. The molecule has 0 aromatic heterocycles. The van der Waals surface area contributed by atoms with E-state index in [1.165, 1.54) is 0 Å². The van der Waals surface area contributed by atoms with Gasteiger partial charge in [0.05, 0.1) is 12.6 Å². The molecule has 2 rings (SSSR count). The van der Waals surface area contributed by atoms with Crippen molar-refractivity contribution < 1.29 is 14.3 Å². The third-order valence-electron chi connectivity index (χ3n) is 3.79. The Hall–Kier alpha value is -2.20. The van der Waals surface area contributed by atoms with Crippen LogP contribution in [0.15, 0.2) is 48.5 Å². The molecule has 4 nitrogen and oxygen atoms in total. The number of ether oxygens (including phenoxy) is 2. The molecule has 0 heterocycles. The zero-order valence-corrected chi connectivity index (χ0v) is 15.5. The SMILES string of the molecule is CCOc1ccc([C@H](C)NC(=O)[C@H](CC)Oc2cccc(Cl)c2)cc1. The summed E-state index contributed by atoms with van der Waals surface area (Å²) in [6.07, 6.45) is -0.00226.